The van der Waals surface area contributed by atoms with Crippen LogP contribution in [0.5, 0.6) is 0 Å². The Hall–Kier alpha value is -0.900. The van der Waals surface area contributed by atoms with Crippen molar-refractivity contribution in [2.24, 2.45) is 0 Å². The van der Waals surface area contributed by atoms with Gasteiger partial charge in [0.2, 0.25) is 0 Å². The maximum Gasteiger partial charge on any atom is 0.169 e. The molecule has 3 heteroatoms. The van der Waals surface area contributed by atoms with Crippen molar-refractivity contribution in [3.05, 3.63) is 36.4 Å². The third-order valence-corrected chi connectivity index (χ3v) is 6.59. The van der Waals surface area contributed by atoms with E-state index in [0.29, 0.717) is 5.54 Å². The molecule has 2 saturated heterocycles. The summed E-state index contributed by atoms with van der Waals surface area (Å²) in [4.78, 5) is 2.80. The van der Waals surface area contributed by atoms with Gasteiger partial charge in [-0.25, -0.2) is 0 Å². The van der Waals surface area contributed by atoms with Gasteiger partial charge in [0, 0.05) is 24.9 Å². The Bertz CT molecular complexity index is 463. The Balaban J connectivity index is 0.000000278. The van der Waals surface area contributed by atoms with E-state index in [2.05, 4.69) is 11.8 Å². The summed E-state index contributed by atoms with van der Waals surface area (Å²) < 4.78 is 11.9. The lowest BCUT2D eigenvalue weighted by molar-refractivity contribution is -0.165. The van der Waals surface area contributed by atoms with E-state index in [1.54, 1.807) is 0 Å². The van der Waals surface area contributed by atoms with Crippen LogP contribution < -0.4 is 0 Å². The SMILES string of the molecule is CCC1(N2CCCC3(CC2)OCCO3)CCCCCC1.c1ccccc1. The van der Waals surface area contributed by atoms with E-state index in [-0.39, 0.29) is 5.79 Å². The van der Waals surface area contributed by atoms with Crippen molar-refractivity contribution < 1.29 is 9.47 Å². The Labute approximate surface area is 160 Å². The van der Waals surface area contributed by atoms with Gasteiger partial charge < -0.3 is 9.47 Å². The molecule has 3 fully saturated rings. The largest absolute Gasteiger partial charge is 0.347 e. The molecule has 0 aromatic heterocycles. The average molecular weight is 360 g/mol. The fourth-order valence-electron chi connectivity index (χ4n) is 5.01. The standard InChI is InChI=1S/C17H31NO2.C6H6/c1-2-16(8-5-3-4-6-9-16)18-12-7-10-17(11-13-18)19-14-15-20-17;1-2-4-6-5-3-1/h2-15H2,1H3;1-6H. The summed E-state index contributed by atoms with van der Waals surface area (Å²) >= 11 is 0. The first kappa shape index (κ1) is 19.9. The van der Waals surface area contributed by atoms with Crippen molar-refractivity contribution in [2.45, 2.75) is 82.5 Å². The van der Waals surface area contributed by atoms with Crippen LogP contribution in [0.4, 0.5) is 0 Å². The summed E-state index contributed by atoms with van der Waals surface area (Å²) in [5, 5.41) is 0. The maximum atomic E-state index is 5.94. The van der Waals surface area contributed by atoms with Crippen LogP contribution in [0, 0.1) is 0 Å². The molecule has 2 aliphatic heterocycles. The first-order valence-electron chi connectivity index (χ1n) is 10.8. The van der Waals surface area contributed by atoms with Crippen LogP contribution in [0.1, 0.15) is 71.1 Å². The summed E-state index contributed by atoms with van der Waals surface area (Å²) in [5.74, 6) is -0.228. The van der Waals surface area contributed by atoms with Crippen LogP contribution in [0.2, 0.25) is 0 Å². The van der Waals surface area contributed by atoms with Crippen LogP contribution in [0.25, 0.3) is 0 Å². The average Bonchev–Trinajstić information content (AvgIpc) is 2.90. The van der Waals surface area contributed by atoms with Crippen molar-refractivity contribution in [1.29, 1.82) is 0 Å². The molecule has 4 rings (SSSR count). The lowest BCUT2D eigenvalue weighted by Crippen LogP contribution is -2.49. The highest BCUT2D eigenvalue weighted by atomic mass is 16.7. The van der Waals surface area contributed by atoms with Gasteiger partial charge in [-0.3, -0.25) is 4.90 Å². The van der Waals surface area contributed by atoms with E-state index in [4.69, 9.17) is 9.47 Å². The van der Waals surface area contributed by atoms with Crippen molar-refractivity contribution in [3.63, 3.8) is 0 Å². The molecular weight excluding hydrogens is 322 g/mol. The molecule has 0 bridgehead atoms. The van der Waals surface area contributed by atoms with Crippen molar-refractivity contribution in [3.8, 4) is 0 Å². The van der Waals surface area contributed by atoms with E-state index in [1.807, 2.05) is 36.4 Å². The Morgan fingerprint density at radius 1 is 0.692 bits per heavy atom. The zero-order valence-electron chi connectivity index (χ0n) is 16.6. The zero-order valence-corrected chi connectivity index (χ0v) is 16.6. The van der Waals surface area contributed by atoms with E-state index < -0.39 is 0 Å². The molecule has 3 aliphatic rings. The van der Waals surface area contributed by atoms with Crippen LogP contribution >= 0.6 is 0 Å². The summed E-state index contributed by atoms with van der Waals surface area (Å²) in [6, 6.07) is 12.0. The molecule has 146 valence electrons. The molecule has 1 spiro atoms. The van der Waals surface area contributed by atoms with Crippen LogP contribution in [0.3, 0.4) is 0 Å². The zero-order chi connectivity index (χ0) is 18.1. The van der Waals surface area contributed by atoms with Gasteiger partial charge in [-0.1, -0.05) is 69.0 Å². The molecule has 0 unspecified atom stereocenters. The number of ether oxygens (including phenoxy) is 2. The molecule has 0 radical (unpaired) electrons. The predicted octanol–water partition coefficient (Wildman–Crippen LogP) is 5.41. The highest BCUT2D eigenvalue weighted by molar-refractivity contribution is 4.99. The minimum absolute atomic E-state index is 0.228. The Morgan fingerprint density at radius 2 is 1.27 bits per heavy atom. The quantitative estimate of drug-likeness (QED) is 0.660. The molecule has 0 atom stereocenters. The molecule has 1 saturated carbocycles. The fourth-order valence-corrected chi connectivity index (χ4v) is 5.01. The van der Waals surface area contributed by atoms with E-state index in [9.17, 15) is 0 Å². The topological polar surface area (TPSA) is 21.7 Å². The molecule has 0 amide bonds. The van der Waals surface area contributed by atoms with Gasteiger partial charge in [-0.15, -0.1) is 0 Å². The van der Waals surface area contributed by atoms with Gasteiger partial charge in [-0.05, 0) is 32.2 Å². The summed E-state index contributed by atoms with van der Waals surface area (Å²) in [5.41, 5.74) is 0.473. The van der Waals surface area contributed by atoms with Crippen molar-refractivity contribution in [2.75, 3.05) is 26.3 Å². The normalized spacial score (nSPS) is 25.7. The third kappa shape index (κ3) is 5.09. The molecule has 3 nitrogen and oxygen atoms in total. The molecular formula is C23H37NO2. The molecule has 2 heterocycles. The van der Waals surface area contributed by atoms with Crippen molar-refractivity contribution >= 4 is 0 Å². The van der Waals surface area contributed by atoms with E-state index in [0.717, 1.165) is 32.6 Å². The van der Waals surface area contributed by atoms with Gasteiger partial charge in [0.15, 0.2) is 5.79 Å². The number of likely N-dealkylation sites (tertiary alicyclic amines) is 1. The second-order valence-corrected chi connectivity index (χ2v) is 8.10. The number of nitrogens with zero attached hydrogens (tertiary/aromatic N) is 1. The number of hydrogen-bond acceptors (Lipinski definition) is 3. The molecule has 0 N–H and O–H groups in total. The van der Waals surface area contributed by atoms with Crippen LogP contribution in [-0.2, 0) is 9.47 Å². The lowest BCUT2D eigenvalue weighted by Gasteiger charge is -2.43. The van der Waals surface area contributed by atoms with E-state index in [1.165, 1.54) is 57.9 Å². The van der Waals surface area contributed by atoms with Gasteiger partial charge >= 0.3 is 0 Å². The van der Waals surface area contributed by atoms with Gasteiger partial charge in [0.25, 0.3) is 0 Å². The molecule has 1 aromatic rings. The Morgan fingerprint density at radius 3 is 1.81 bits per heavy atom. The van der Waals surface area contributed by atoms with Crippen LogP contribution in [-0.4, -0.2) is 42.5 Å². The van der Waals surface area contributed by atoms with Crippen molar-refractivity contribution in [1.82, 2.24) is 4.90 Å². The summed E-state index contributed by atoms with van der Waals surface area (Å²) in [6.07, 6.45) is 13.2. The smallest absolute Gasteiger partial charge is 0.169 e. The number of rotatable bonds is 2. The number of benzene rings is 1. The highest BCUT2D eigenvalue weighted by Crippen LogP contribution is 2.39. The minimum atomic E-state index is -0.228. The van der Waals surface area contributed by atoms with Gasteiger partial charge in [0.1, 0.15) is 0 Å². The summed E-state index contributed by atoms with van der Waals surface area (Å²) in [7, 11) is 0. The van der Waals surface area contributed by atoms with Gasteiger partial charge in [-0.2, -0.15) is 0 Å². The first-order chi connectivity index (χ1) is 12.8. The fraction of sp³-hybridized carbons (Fsp3) is 0.739. The second-order valence-electron chi connectivity index (χ2n) is 8.10. The highest BCUT2D eigenvalue weighted by Gasteiger charge is 2.42. The molecule has 1 aromatic carbocycles. The predicted molar refractivity (Wildman–Crippen MR) is 107 cm³/mol. The molecule has 1 aliphatic carbocycles. The van der Waals surface area contributed by atoms with Gasteiger partial charge in [0.05, 0.1) is 13.2 Å². The number of hydrogen-bond donors (Lipinski definition) is 0. The first-order valence-corrected chi connectivity index (χ1v) is 10.8. The summed E-state index contributed by atoms with van der Waals surface area (Å²) in [6.45, 7) is 6.38. The molecule has 26 heavy (non-hydrogen) atoms. The Kier molecular flexibility index (Phi) is 7.53. The third-order valence-electron chi connectivity index (χ3n) is 6.59. The van der Waals surface area contributed by atoms with E-state index >= 15 is 0 Å². The second kappa shape index (κ2) is 9.87. The van der Waals surface area contributed by atoms with Crippen LogP contribution in [0.15, 0.2) is 36.4 Å². The maximum absolute atomic E-state index is 5.94. The minimum Gasteiger partial charge on any atom is -0.347 e. The monoisotopic (exact) mass is 359 g/mol. The lowest BCUT2D eigenvalue weighted by atomic mass is 9.85.